The first-order valence-corrected chi connectivity index (χ1v) is 7.87. The van der Waals surface area contributed by atoms with Crippen molar-refractivity contribution in [3.63, 3.8) is 0 Å². The SMILES string of the molecule is COc1ccc(C(CN)S(=O)(=O)c2ccc(F)cc2)cc1. The number of hydrogen-bond acceptors (Lipinski definition) is 4. The van der Waals surface area contributed by atoms with Gasteiger partial charge in [0.25, 0.3) is 0 Å². The Kier molecular flexibility index (Phi) is 4.59. The first kappa shape index (κ1) is 15.5. The zero-order valence-corrected chi connectivity index (χ0v) is 12.3. The van der Waals surface area contributed by atoms with Crippen LogP contribution in [0.5, 0.6) is 5.75 Å². The number of rotatable bonds is 5. The lowest BCUT2D eigenvalue weighted by molar-refractivity contribution is 0.414. The molecule has 0 amide bonds. The van der Waals surface area contributed by atoms with Crippen LogP contribution in [0.25, 0.3) is 0 Å². The van der Waals surface area contributed by atoms with E-state index in [-0.39, 0.29) is 11.4 Å². The molecule has 2 aromatic rings. The van der Waals surface area contributed by atoms with Crippen molar-refractivity contribution >= 4 is 9.84 Å². The maximum Gasteiger partial charge on any atom is 0.186 e. The fourth-order valence-corrected chi connectivity index (χ4v) is 3.66. The van der Waals surface area contributed by atoms with Crippen molar-refractivity contribution in [3.05, 3.63) is 59.9 Å². The minimum Gasteiger partial charge on any atom is -0.497 e. The summed E-state index contributed by atoms with van der Waals surface area (Å²) >= 11 is 0. The number of ether oxygens (including phenoxy) is 1. The summed E-state index contributed by atoms with van der Waals surface area (Å²) in [5, 5.41) is -0.881. The third-order valence-electron chi connectivity index (χ3n) is 3.22. The van der Waals surface area contributed by atoms with Crippen molar-refractivity contribution < 1.29 is 17.5 Å². The number of hydrogen-bond donors (Lipinski definition) is 1. The molecule has 6 heteroatoms. The van der Waals surface area contributed by atoms with E-state index < -0.39 is 20.9 Å². The maximum absolute atomic E-state index is 12.9. The highest BCUT2D eigenvalue weighted by Crippen LogP contribution is 2.29. The molecule has 0 bridgehead atoms. The van der Waals surface area contributed by atoms with E-state index in [9.17, 15) is 12.8 Å². The zero-order valence-electron chi connectivity index (χ0n) is 11.5. The van der Waals surface area contributed by atoms with Crippen molar-refractivity contribution in [1.29, 1.82) is 0 Å². The van der Waals surface area contributed by atoms with Gasteiger partial charge >= 0.3 is 0 Å². The summed E-state index contributed by atoms with van der Waals surface area (Å²) in [4.78, 5) is 0.0511. The first-order chi connectivity index (χ1) is 9.98. The average molecular weight is 309 g/mol. The molecule has 0 radical (unpaired) electrons. The summed E-state index contributed by atoms with van der Waals surface area (Å²) in [7, 11) is -2.14. The maximum atomic E-state index is 12.9. The molecule has 1 unspecified atom stereocenters. The highest BCUT2D eigenvalue weighted by molar-refractivity contribution is 7.91. The van der Waals surface area contributed by atoms with Crippen LogP contribution in [0.15, 0.2) is 53.4 Å². The number of methoxy groups -OCH3 is 1. The first-order valence-electron chi connectivity index (χ1n) is 6.32. The number of sulfone groups is 1. The lowest BCUT2D eigenvalue weighted by atomic mass is 10.1. The largest absolute Gasteiger partial charge is 0.497 e. The number of benzene rings is 2. The Bertz CT molecular complexity index is 697. The van der Waals surface area contributed by atoms with Gasteiger partial charge in [0.2, 0.25) is 0 Å². The van der Waals surface area contributed by atoms with Crippen LogP contribution in [0.3, 0.4) is 0 Å². The lowest BCUT2D eigenvalue weighted by Crippen LogP contribution is -2.22. The van der Waals surface area contributed by atoms with E-state index in [1.807, 2.05) is 0 Å². The highest BCUT2D eigenvalue weighted by atomic mass is 32.2. The van der Waals surface area contributed by atoms with Gasteiger partial charge in [0.1, 0.15) is 16.8 Å². The Labute approximate surface area is 123 Å². The smallest absolute Gasteiger partial charge is 0.186 e. The second-order valence-electron chi connectivity index (χ2n) is 4.50. The highest BCUT2D eigenvalue weighted by Gasteiger charge is 2.27. The van der Waals surface area contributed by atoms with Gasteiger partial charge in [-0.05, 0) is 42.0 Å². The van der Waals surface area contributed by atoms with Gasteiger partial charge < -0.3 is 10.5 Å². The predicted octanol–water partition coefficient (Wildman–Crippen LogP) is 2.31. The van der Waals surface area contributed by atoms with Crippen LogP contribution in [-0.2, 0) is 9.84 Å². The molecule has 1 atom stereocenters. The molecule has 4 nitrogen and oxygen atoms in total. The van der Waals surface area contributed by atoms with E-state index >= 15 is 0 Å². The molecule has 2 rings (SSSR count). The predicted molar refractivity (Wildman–Crippen MR) is 78.4 cm³/mol. The molecule has 112 valence electrons. The second-order valence-corrected chi connectivity index (χ2v) is 6.63. The van der Waals surface area contributed by atoms with Gasteiger partial charge in [-0.2, -0.15) is 0 Å². The zero-order chi connectivity index (χ0) is 15.5. The molecule has 2 N–H and O–H groups in total. The average Bonchev–Trinajstić information content (AvgIpc) is 2.49. The molecule has 0 saturated carbocycles. The molecule has 0 aliphatic heterocycles. The quantitative estimate of drug-likeness (QED) is 0.861. The molecule has 0 saturated heterocycles. The van der Waals surface area contributed by atoms with Crippen LogP contribution in [0.2, 0.25) is 0 Å². The van der Waals surface area contributed by atoms with Gasteiger partial charge in [0.15, 0.2) is 9.84 Å². The van der Waals surface area contributed by atoms with Crippen LogP contribution >= 0.6 is 0 Å². The Morgan fingerprint density at radius 1 is 1.10 bits per heavy atom. The summed E-state index contributed by atoms with van der Waals surface area (Å²) in [5.41, 5.74) is 6.22. The summed E-state index contributed by atoms with van der Waals surface area (Å²) in [5.74, 6) is 0.149. The molecule has 21 heavy (non-hydrogen) atoms. The van der Waals surface area contributed by atoms with Crippen LogP contribution in [0.1, 0.15) is 10.8 Å². The normalized spacial score (nSPS) is 12.9. The van der Waals surface area contributed by atoms with E-state index in [1.54, 1.807) is 24.3 Å². The van der Waals surface area contributed by atoms with E-state index in [4.69, 9.17) is 10.5 Å². The van der Waals surface area contributed by atoms with Crippen molar-refractivity contribution in [2.75, 3.05) is 13.7 Å². The van der Waals surface area contributed by atoms with Crippen molar-refractivity contribution in [1.82, 2.24) is 0 Å². The summed E-state index contributed by atoms with van der Waals surface area (Å²) in [6, 6.07) is 11.4. The lowest BCUT2D eigenvalue weighted by Gasteiger charge is -2.16. The van der Waals surface area contributed by atoms with Gasteiger partial charge in [-0.25, -0.2) is 12.8 Å². The fraction of sp³-hybridized carbons (Fsp3) is 0.200. The van der Waals surface area contributed by atoms with E-state index in [2.05, 4.69) is 0 Å². The molecular weight excluding hydrogens is 293 g/mol. The van der Waals surface area contributed by atoms with Crippen LogP contribution in [-0.4, -0.2) is 22.1 Å². The standard InChI is InChI=1S/C15H16FNO3S/c1-20-13-6-2-11(3-7-13)15(10-17)21(18,19)14-8-4-12(16)5-9-14/h2-9,15H,10,17H2,1H3. The number of nitrogens with two attached hydrogens (primary N) is 1. The topological polar surface area (TPSA) is 69.4 Å². The summed E-state index contributed by atoms with van der Waals surface area (Å²) < 4.78 is 43.2. The van der Waals surface area contributed by atoms with Gasteiger partial charge in [-0.1, -0.05) is 12.1 Å². The van der Waals surface area contributed by atoms with Gasteiger partial charge in [0, 0.05) is 6.54 Å². The van der Waals surface area contributed by atoms with E-state index in [0.717, 1.165) is 12.1 Å². The van der Waals surface area contributed by atoms with Gasteiger partial charge in [0.05, 0.1) is 12.0 Å². The van der Waals surface area contributed by atoms with Crippen molar-refractivity contribution in [2.24, 2.45) is 5.73 Å². The molecule has 0 heterocycles. The van der Waals surface area contributed by atoms with Crippen LogP contribution < -0.4 is 10.5 Å². The molecule has 2 aromatic carbocycles. The summed E-state index contributed by atoms with van der Waals surface area (Å²) in [6.45, 7) is -0.0635. The third-order valence-corrected chi connectivity index (χ3v) is 5.36. The second kappa shape index (κ2) is 6.24. The Hall–Kier alpha value is -1.92. The number of halogens is 1. The van der Waals surface area contributed by atoms with Crippen molar-refractivity contribution in [3.8, 4) is 5.75 Å². The van der Waals surface area contributed by atoms with Crippen LogP contribution in [0, 0.1) is 5.82 Å². The fourth-order valence-electron chi connectivity index (χ4n) is 2.05. The van der Waals surface area contributed by atoms with E-state index in [1.165, 1.54) is 19.2 Å². The minimum absolute atomic E-state index is 0.0511. The molecule has 0 spiro atoms. The Balaban J connectivity index is 2.41. The van der Waals surface area contributed by atoms with Crippen molar-refractivity contribution in [2.45, 2.75) is 10.1 Å². The van der Waals surface area contributed by atoms with Crippen LogP contribution in [0.4, 0.5) is 4.39 Å². The molecule has 0 fully saturated rings. The third kappa shape index (κ3) is 3.22. The van der Waals surface area contributed by atoms with Gasteiger partial charge in [-0.15, -0.1) is 0 Å². The van der Waals surface area contributed by atoms with Gasteiger partial charge in [-0.3, -0.25) is 0 Å². The molecular formula is C15H16FNO3S. The monoisotopic (exact) mass is 309 g/mol. The molecule has 0 aromatic heterocycles. The van der Waals surface area contributed by atoms with E-state index in [0.29, 0.717) is 11.3 Å². The Morgan fingerprint density at radius 2 is 1.67 bits per heavy atom. The minimum atomic E-state index is -3.67. The molecule has 0 aliphatic rings. The Morgan fingerprint density at radius 3 is 2.14 bits per heavy atom. The summed E-state index contributed by atoms with van der Waals surface area (Å²) in [6.07, 6.45) is 0. The molecule has 0 aliphatic carbocycles.